The van der Waals surface area contributed by atoms with Gasteiger partial charge in [0.25, 0.3) is 0 Å². The first-order valence-corrected chi connectivity index (χ1v) is 7.26. The molecule has 0 saturated carbocycles. The molecule has 1 amide bonds. The van der Waals surface area contributed by atoms with Crippen LogP contribution in [0.5, 0.6) is 0 Å². The van der Waals surface area contributed by atoms with Gasteiger partial charge in [-0.15, -0.1) is 0 Å². The molecule has 114 valence electrons. The van der Waals surface area contributed by atoms with Gasteiger partial charge in [-0.2, -0.15) is 0 Å². The minimum atomic E-state index is -1.02. The first-order chi connectivity index (χ1) is 11.2. The number of para-hydroxylation sites is 1. The number of carboxylic acid groups (broad SMARTS) is 1. The molecule has 4 nitrogen and oxygen atoms in total. The van der Waals surface area contributed by atoms with Gasteiger partial charge in [0.05, 0.1) is 11.4 Å². The number of aryl methyl sites for hydroxylation is 1. The van der Waals surface area contributed by atoms with E-state index >= 15 is 0 Å². The highest BCUT2D eigenvalue weighted by molar-refractivity contribution is 5.95. The summed E-state index contributed by atoms with van der Waals surface area (Å²) in [6.45, 7) is 2.01. The zero-order chi connectivity index (χ0) is 16.2. The average Bonchev–Trinajstić information content (AvgIpc) is 2.56. The van der Waals surface area contributed by atoms with Crippen LogP contribution in [0.4, 0.5) is 16.2 Å². The molecule has 1 N–H and O–H groups in total. The zero-order valence-electron chi connectivity index (χ0n) is 12.7. The van der Waals surface area contributed by atoms with Crippen LogP contribution in [0.1, 0.15) is 5.56 Å². The molecular formula is C19H16N2O2. The Morgan fingerprint density at radius 2 is 1.74 bits per heavy atom. The molecule has 0 atom stereocenters. The Bertz CT molecular complexity index is 832. The summed E-state index contributed by atoms with van der Waals surface area (Å²) in [6, 6.07) is 18.5. The molecule has 3 rings (SSSR count). The maximum atomic E-state index is 11.7. The lowest BCUT2D eigenvalue weighted by molar-refractivity contribution is 0.205. The van der Waals surface area contributed by atoms with Crippen LogP contribution >= 0.6 is 0 Å². The zero-order valence-corrected chi connectivity index (χ0v) is 12.7. The fourth-order valence-electron chi connectivity index (χ4n) is 2.53. The molecule has 0 aliphatic rings. The Morgan fingerprint density at radius 3 is 2.43 bits per heavy atom. The molecule has 1 aromatic heterocycles. The quantitative estimate of drug-likeness (QED) is 0.750. The second-order valence-corrected chi connectivity index (χ2v) is 5.19. The second-order valence-electron chi connectivity index (χ2n) is 5.19. The highest BCUT2D eigenvalue weighted by Crippen LogP contribution is 2.30. The number of benzene rings is 2. The first-order valence-electron chi connectivity index (χ1n) is 7.26. The summed E-state index contributed by atoms with van der Waals surface area (Å²) in [7, 11) is 0. The summed E-state index contributed by atoms with van der Waals surface area (Å²) in [5.74, 6) is 0. The van der Waals surface area contributed by atoms with Crippen LogP contribution in [0.15, 0.2) is 73.1 Å². The second kappa shape index (κ2) is 6.32. The van der Waals surface area contributed by atoms with E-state index in [0.717, 1.165) is 16.7 Å². The van der Waals surface area contributed by atoms with Crippen molar-refractivity contribution in [3.8, 4) is 11.1 Å². The number of aromatic nitrogens is 1. The van der Waals surface area contributed by atoms with Gasteiger partial charge in [-0.05, 0) is 48.4 Å². The summed E-state index contributed by atoms with van der Waals surface area (Å²) >= 11 is 0. The van der Waals surface area contributed by atoms with Gasteiger partial charge in [-0.3, -0.25) is 4.98 Å². The van der Waals surface area contributed by atoms with E-state index in [1.54, 1.807) is 30.6 Å². The van der Waals surface area contributed by atoms with Crippen LogP contribution < -0.4 is 4.90 Å². The average molecular weight is 304 g/mol. The normalized spacial score (nSPS) is 10.3. The number of hydrogen-bond donors (Lipinski definition) is 1. The van der Waals surface area contributed by atoms with Crippen LogP contribution in [0, 0.1) is 6.92 Å². The number of anilines is 2. The Morgan fingerprint density at radius 1 is 1.00 bits per heavy atom. The predicted octanol–water partition coefficient (Wildman–Crippen LogP) is 4.87. The van der Waals surface area contributed by atoms with Gasteiger partial charge >= 0.3 is 6.09 Å². The molecule has 2 aromatic carbocycles. The van der Waals surface area contributed by atoms with E-state index < -0.39 is 6.09 Å². The summed E-state index contributed by atoms with van der Waals surface area (Å²) in [5, 5.41) is 9.61. The standard InChI is InChI=1S/C19H16N2O2/c1-14-10-11-20-13-18(14)15-6-5-9-17(12-15)21(19(22)23)16-7-3-2-4-8-16/h2-13H,1H3,(H,22,23). The minimum Gasteiger partial charge on any atom is -0.464 e. The molecule has 0 aliphatic carbocycles. The van der Waals surface area contributed by atoms with Gasteiger partial charge in [0, 0.05) is 18.0 Å². The third kappa shape index (κ3) is 3.06. The van der Waals surface area contributed by atoms with Crippen LogP contribution in [-0.2, 0) is 0 Å². The molecule has 0 bridgehead atoms. The summed E-state index contributed by atoms with van der Waals surface area (Å²) in [5.41, 5.74) is 4.24. The molecule has 0 fully saturated rings. The van der Waals surface area contributed by atoms with Gasteiger partial charge in [0.15, 0.2) is 0 Å². The van der Waals surface area contributed by atoms with Crippen molar-refractivity contribution < 1.29 is 9.90 Å². The van der Waals surface area contributed by atoms with Gasteiger partial charge in [-0.1, -0.05) is 30.3 Å². The Balaban J connectivity index is 2.08. The van der Waals surface area contributed by atoms with Crippen LogP contribution in [-0.4, -0.2) is 16.2 Å². The number of hydrogen-bond acceptors (Lipinski definition) is 2. The third-order valence-corrected chi connectivity index (χ3v) is 3.66. The van der Waals surface area contributed by atoms with Crippen molar-refractivity contribution in [1.82, 2.24) is 4.98 Å². The van der Waals surface area contributed by atoms with Crippen molar-refractivity contribution in [3.05, 3.63) is 78.6 Å². The number of pyridine rings is 1. The third-order valence-electron chi connectivity index (χ3n) is 3.66. The molecule has 0 radical (unpaired) electrons. The fraction of sp³-hybridized carbons (Fsp3) is 0.0526. The Hall–Kier alpha value is -3.14. The van der Waals surface area contributed by atoms with Gasteiger partial charge in [-0.25, -0.2) is 9.69 Å². The van der Waals surface area contributed by atoms with E-state index in [1.807, 2.05) is 49.4 Å². The number of nitrogens with zero attached hydrogens (tertiary/aromatic N) is 2. The number of amides is 1. The molecule has 4 heteroatoms. The van der Waals surface area contributed by atoms with Crippen molar-refractivity contribution in [2.24, 2.45) is 0 Å². The van der Waals surface area contributed by atoms with Crippen molar-refractivity contribution in [2.75, 3.05) is 4.90 Å². The Kier molecular flexibility index (Phi) is 4.06. The molecule has 0 aliphatic heterocycles. The van der Waals surface area contributed by atoms with Crippen molar-refractivity contribution >= 4 is 17.5 Å². The van der Waals surface area contributed by atoms with E-state index in [4.69, 9.17) is 0 Å². The van der Waals surface area contributed by atoms with E-state index in [1.165, 1.54) is 4.90 Å². The van der Waals surface area contributed by atoms with Crippen LogP contribution in [0.3, 0.4) is 0 Å². The minimum absolute atomic E-state index is 0.601. The highest BCUT2D eigenvalue weighted by Gasteiger charge is 2.17. The van der Waals surface area contributed by atoms with Gasteiger partial charge in [0.2, 0.25) is 0 Å². The van der Waals surface area contributed by atoms with E-state index in [-0.39, 0.29) is 0 Å². The van der Waals surface area contributed by atoms with E-state index in [9.17, 15) is 9.90 Å². The van der Waals surface area contributed by atoms with Gasteiger partial charge in [0.1, 0.15) is 0 Å². The van der Waals surface area contributed by atoms with Crippen LogP contribution in [0.2, 0.25) is 0 Å². The summed E-state index contributed by atoms with van der Waals surface area (Å²) in [6.07, 6.45) is 2.52. The molecule has 0 saturated heterocycles. The molecule has 0 spiro atoms. The summed E-state index contributed by atoms with van der Waals surface area (Å²) in [4.78, 5) is 17.2. The molecule has 23 heavy (non-hydrogen) atoms. The maximum absolute atomic E-state index is 11.7. The number of rotatable bonds is 3. The largest absolute Gasteiger partial charge is 0.464 e. The maximum Gasteiger partial charge on any atom is 0.416 e. The smallest absolute Gasteiger partial charge is 0.416 e. The van der Waals surface area contributed by atoms with Crippen molar-refractivity contribution in [3.63, 3.8) is 0 Å². The SMILES string of the molecule is Cc1ccncc1-c1cccc(N(C(=O)O)c2ccccc2)c1. The van der Waals surface area contributed by atoms with Crippen LogP contribution in [0.25, 0.3) is 11.1 Å². The predicted molar refractivity (Wildman–Crippen MR) is 91.0 cm³/mol. The molecule has 1 heterocycles. The molecule has 3 aromatic rings. The summed E-state index contributed by atoms with van der Waals surface area (Å²) < 4.78 is 0. The molecule has 0 unspecified atom stereocenters. The highest BCUT2D eigenvalue weighted by atomic mass is 16.4. The first kappa shape index (κ1) is 14.8. The van der Waals surface area contributed by atoms with E-state index in [2.05, 4.69) is 4.98 Å². The van der Waals surface area contributed by atoms with Gasteiger partial charge < -0.3 is 5.11 Å². The number of carbonyl (C=O) groups is 1. The Labute approximate surface area is 134 Å². The van der Waals surface area contributed by atoms with E-state index in [0.29, 0.717) is 11.4 Å². The fourth-order valence-corrected chi connectivity index (χ4v) is 2.53. The topological polar surface area (TPSA) is 53.4 Å². The van der Waals surface area contributed by atoms with Crippen molar-refractivity contribution in [2.45, 2.75) is 6.92 Å². The lowest BCUT2D eigenvalue weighted by Gasteiger charge is -2.20. The monoisotopic (exact) mass is 304 g/mol. The lowest BCUT2D eigenvalue weighted by Crippen LogP contribution is -2.23. The molecular weight excluding hydrogens is 288 g/mol. The van der Waals surface area contributed by atoms with Crippen molar-refractivity contribution in [1.29, 1.82) is 0 Å². The lowest BCUT2D eigenvalue weighted by atomic mass is 10.0.